The quantitative estimate of drug-likeness (QED) is 0.662. The SMILES string of the molecule is C[SH](C)c1cc2c(s1)CCNC2. The molecule has 68 valence electrons. The van der Waals surface area contributed by atoms with Crippen molar-refractivity contribution in [3.8, 4) is 0 Å². The van der Waals surface area contributed by atoms with Gasteiger partial charge in [0.2, 0.25) is 0 Å². The molecular weight excluding hydrogens is 186 g/mol. The smallest absolute Gasteiger partial charge is 0.0404 e. The second-order valence-electron chi connectivity index (χ2n) is 3.35. The minimum absolute atomic E-state index is 0.116. The van der Waals surface area contributed by atoms with E-state index in [0.717, 1.165) is 13.1 Å². The van der Waals surface area contributed by atoms with Crippen molar-refractivity contribution in [2.45, 2.75) is 17.2 Å². The van der Waals surface area contributed by atoms with Gasteiger partial charge >= 0.3 is 0 Å². The van der Waals surface area contributed by atoms with Crippen molar-refractivity contribution in [1.29, 1.82) is 0 Å². The summed E-state index contributed by atoms with van der Waals surface area (Å²) in [7, 11) is 0.116. The van der Waals surface area contributed by atoms with Crippen LogP contribution in [0, 0.1) is 0 Å². The predicted molar refractivity (Wildman–Crippen MR) is 58.8 cm³/mol. The maximum Gasteiger partial charge on any atom is 0.0404 e. The standard InChI is InChI=1S/C9H15NS2/c1-12(2)9-5-7-6-10-4-3-8(7)11-9/h5,10,12H,3-4,6H2,1-2H3. The Labute approximate surface area is 80.5 Å². The molecule has 1 nitrogen and oxygen atoms in total. The molecular formula is C9H15NS2. The van der Waals surface area contributed by atoms with Gasteiger partial charge in [0.15, 0.2) is 0 Å². The van der Waals surface area contributed by atoms with E-state index in [1.165, 1.54) is 6.42 Å². The van der Waals surface area contributed by atoms with Crippen LogP contribution in [0.2, 0.25) is 0 Å². The third-order valence-corrected chi connectivity index (χ3v) is 5.59. The average Bonchev–Trinajstić information content (AvgIpc) is 2.46. The van der Waals surface area contributed by atoms with Crippen LogP contribution in [0.15, 0.2) is 10.3 Å². The minimum atomic E-state index is 0.116. The summed E-state index contributed by atoms with van der Waals surface area (Å²) in [5.74, 6) is 0. The topological polar surface area (TPSA) is 12.0 Å². The lowest BCUT2D eigenvalue weighted by molar-refractivity contribution is 0.652. The van der Waals surface area contributed by atoms with Gasteiger partial charge in [0, 0.05) is 22.2 Å². The molecule has 0 saturated carbocycles. The summed E-state index contributed by atoms with van der Waals surface area (Å²) in [6.45, 7) is 2.26. The molecule has 0 radical (unpaired) electrons. The highest BCUT2D eigenvalue weighted by Gasteiger charge is 2.12. The zero-order chi connectivity index (χ0) is 8.55. The highest BCUT2D eigenvalue weighted by atomic mass is 32.2. The molecule has 1 N–H and O–H groups in total. The lowest BCUT2D eigenvalue weighted by Gasteiger charge is -2.10. The summed E-state index contributed by atoms with van der Waals surface area (Å²) in [5.41, 5.74) is 1.55. The molecule has 2 rings (SSSR count). The number of hydrogen-bond donors (Lipinski definition) is 2. The van der Waals surface area contributed by atoms with Crippen molar-refractivity contribution in [2.75, 3.05) is 19.1 Å². The van der Waals surface area contributed by atoms with Crippen LogP contribution in [0.25, 0.3) is 0 Å². The molecule has 1 aliphatic heterocycles. The van der Waals surface area contributed by atoms with Crippen LogP contribution >= 0.6 is 22.2 Å². The van der Waals surface area contributed by atoms with E-state index in [1.54, 1.807) is 14.6 Å². The first kappa shape index (κ1) is 8.60. The van der Waals surface area contributed by atoms with E-state index < -0.39 is 0 Å². The second-order valence-corrected chi connectivity index (χ2v) is 7.06. The van der Waals surface area contributed by atoms with Crippen LogP contribution in [0.4, 0.5) is 0 Å². The summed E-state index contributed by atoms with van der Waals surface area (Å²) < 4.78 is 1.61. The Morgan fingerprint density at radius 3 is 3.00 bits per heavy atom. The van der Waals surface area contributed by atoms with Gasteiger partial charge < -0.3 is 5.32 Å². The molecule has 0 unspecified atom stereocenters. The molecule has 3 heteroatoms. The maximum atomic E-state index is 3.41. The largest absolute Gasteiger partial charge is 0.312 e. The van der Waals surface area contributed by atoms with Crippen LogP contribution in [-0.4, -0.2) is 19.1 Å². The molecule has 0 fully saturated rings. The average molecular weight is 201 g/mol. The lowest BCUT2D eigenvalue weighted by Crippen LogP contribution is -2.21. The summed E-state index contributed by atoms with van der Waals surface area (Å²) in [6, 6.07) is 2.40. The molecule has 1 aromatic heterocycles. The molecule has 0 aliphatic carbocycles. The van der Waals surface area contributed by atoms with E-state index in [0.29, 0.717) is 0 Å². The van der Waals surface area contributed by atoms with Crippen molar-refractivity contribution in [2.24, 2.45) is 0 Å². The molecule has 0 bridgehead atoms. The van der Waals surface area contributed by atoms with Gasteiger partial charge in [-0.25, -0.2) is 10.9 Å². The normalized spacial score (nSPS) is 17.3. The molecule has 12 heavy (non-hydrogen) atoms. The van der Waals surface area contributed by atoms with Gasteiger partial charge in [-0.05, 0) is 30.6 Å². The molecule has 0 amide bonds. The van der Waals surface area contributed by atoms with E-state index in [4.69, 9.17) is 0 Å². The molecule has 0 aromatic carbocycles. The van der Waals surface area contributed by atoms with Gasteiger partial charge in [-0.15, -0.1) is 11.3 Å². The van der Waals surface area contributed by atoms with Crippen molar-refractivity contribution < 1.29 is 0 Å². The Bertz CT molecular complexity index is 255. The molecule has 2 heterocycles. The summed E-state index contributed by atoms with van der Waals surface area (Å²) >= 11 is 2.03. The van der Waals surface area contributed by atoms with Crippen LogP contribution in [-0.2, 0) is 13.0 Å². The van der Waals surface area contributed by atoms with Crippen LogP contribution in [0.3, 0.4) is 0 Å². The Balaban J connectivity index is 2.32. The van der Waals surface area contributed by atoms with Crippen molar-refractivity contribution in [3.05, 3.63) is 16.5 Å². The monoisotopic (exact) mass is 201 g/mol. The molecule has 0 spiro atoms. The van der Waals surface area contributed by atoms with Crippen molar-refractivity contribution in [3.63, 3.8) is 0 Å². The molecule has 1 aliphatic rings. The van der Waals surface area contributed by atoms with E-state index >= 15 is 0 Å². The fourth-order valence-electron chi connectivity index (χ4n) is 1.46. The summed E-state index contributed by atoms with van der Waals surface area (Å²) in [5, 5.41) is 3.41. The third kappa shape index (κ3) is 1.53. The maximum absolute atomic E-state index is 3.41. The Kier molecular flexibility index (Phi) is 2.44. The minimum Gasteiger partial charge on any atom is -0.312 e. The highest BCUT2D eigenvalue weighted by Crippen LogP contribution is 2.38. The number of hydrogen-bond acceptors (Lipinski definition) is 2. The summed E-state index contributed by atoms with van der Waals surface area (Å²) in [4.78, 5) is 1.62. The molecule has 0 atom stereocenters. The Morgan fingerprint density at radius 2 is 2.33 bits per heavy atom. The fourth-order valence-corrected chi connectivity index (χ4v) is 3.85. The lowest BCUT2D eigenvalue weighted by atomic mass is 10.1. The van der Waals surface area contributed by atoms with Crippen molar-refractivity contribution >= 4 is 22.2 Å². The highest BCUT2D eigenvalue weighted by molar-refractivity contribution is 8.17. The molecule has 0 saturated heterocycles. The van der Waals surface area contributed by atoms with Gasteiger partial charge in [0.25, 0.3) is 0 Å². The van der Waals surface area contributed by atoms with Gasteiger partial charge in [-0.1, -0.05) is 0 Å². The third-order valence-electron chi connectivity index (χ3n) is 2.17. The zero-order valence-corrected chi connectivity index (χ0v) is 9.27. The number of nitrogens with one attached hydrogen (secondary N) is 1. The van der Waals surface area contributed by atoms with Crippen LogP contribution in [0.5, 0.6) is 0 Å². The number of fused-ring (bicyclic) bond motifs is 1. The van der Waals surface area contributed by atoms with Gasteiger partial charge in [0.1, 0.15) is 0 Å². The predicted octanol–water partition coefficient (Wildman–Crippen LogP) is 2.01. The van der Waals surface area contributed by atoms with E-state index in [-0.39, 0.29) is 10.9 Å². The fraction of sp³-hybridized carbons (Fsp3) is 0.556. The Hall–Kier alpha value is 0.01000. The molecule has 1 aromatic rings. The van der Waals surface area contributed by atoms with Gasteiger partial charge in [0.05, 0.1) is 0 Å². The van der Waals surface area contributed by atoms with Gasteiger partial charge in [-0.3, -0.25) is 0 Å². The van der Waals surface area contributed by atoms with Crippen LogP contribution < -0.4 is 5.32 Å². The summed E-state index contributed by atoms with van der Waals surface area (Å²) in [6.07, 6.45) is 5.91. The second kappa shape index (κ2) is 3.40. The first-order chi connectivity index (χ1) is 5.77. The van der Waals surface area contributed by atoms with Gasteiger partial charge in [-0.2, -0.15) is 0 Å². The van der Waals surface area contributed by atoms with E-state index in [1.807, 2.05) is 11.3 Å². The first-order valence-corrected chi connectivity index (χ1v) is 7.32. The Morgan fingerprint density at radius 1 is 1.50 bits per heavy atom. The van der Waals surface area contributed by atoms with Crippen LogP contribution in [0.1, 0.15) is 10.4 Å². The van der Waals surface area contributed by atoms with E-state index in [2.05, 4.69) is 23.9 Å². The van der Waals surface area contributed by atoms with E-state index in [9.17, 15) is 0 Å². The van der Waals surface area contributed by atoms with Crippen molar-refractivity contribution in [1.82, 2.24) is 5.32 Å². The number of thiol groups is 1. The zero-order valence-electron chi connectivity index (χ0n) is 7.55. The first-order valence-electron chi connectivity index (χ1n) is 4.27. The number of rotatable bonds is 1. The number of thiophene rings is 1.